The Bertz CT molecular complexity index is 441. The predicted octanol–water partition coefficient (Wildman–Crippen LogP) is 1.98. The Labute approximate surface area is 96.5 Å². The summed E-state index contributed by atoms with van der Waals surface area (Å²) in [6.45, 7) is 10.0. The number of carbonyl (C=O) groups is 1. The van der Waals surface area contributed by atoms with Crippen molar-refractivity contribution in [3.05, 3.63) is 22.3 Å². The minimum atomic E-state index is -0.920. The van der Waals surface area contributed by atoms with E-state index in [1.54, 1.807) is 6.07 Å². The zero-order valence-corrected chi connectivity index (χ0v) is 10.7. The Morgan fingerprint density at radius 1 is 1.44 bits per heavy atom. The molecule has 3 heteroatoms. The lowest BCUT2D eigenvalue weighted by Gasteiger charge is -1.89. The number of H-pyrrole nitrogens is 1. The van der Waals surface area contributed by atoms with Gasteiger partial charge in [0.2, 0.25) is 0 Å². The van der Waals surface area contributed by atoms with Gasteiger partial charge in [-0.05, 0) is 24.1 Å². The minimum Gasteiger partial charge on any atom is -0.477 e. The highest BCUT2D eigenvalue weighted by molar-refractivity contribution is 5.85. The minimum absolute atomic E-state index is 0.241. The molecule has 0 atom stereocenters. The summed E-state index contributed by atoms with van der Waals surface area (Å²) in [5.74, 6) is -0.511. The van der Waals surface area contributed by atoms with Gasteiger partial charge < -0.3 is 10.1 Å². The van der Waals surface area contributed by atoms with Crippen molar-refractivity contribution in [3.8, 4) is 0 Å². The molecule has 0 saturated heterocycles. The number of hydrogen-bond acceptors (Lipinski definition) is 1. The van der Waals surface area contributed by atoms with E-state index in [9.17, 15) is 4.79 Å². The molecule has 3 nitrogen and oxygen atoms in total. The van der Waals surface area contributed by atoms with Gasteiger partial charge in [-0.2, -0.15) is 0 Å². The zero-order chi connectivity index (χ0) is 12.7. The maximum atomic E-state index is 10.7. The second-order valence-corrected chi connectivity index (χ2v) is 3.56. The van der Waals surface area contributed by atoms with Gasteiger partial charge in [-0.3, -0.25) is 0 Å². The largest absolute Gasteiger partial charge is 0.477 e. The number of aromatic amines is 1. The molecule has 0 unspecified atom stereocenters. The SMILES string of the molecule is C/C=c1/[nH]c(C(=O)O)c/c1=C/C(C)C.CC. The summed E-state index contributed by atoms with van der Waals surface area (Å²) in [5, 5.41) is 10.6. The van der Waals surface area contributed by atoms with Crippen LogP contribution in [0.1, 0.15) is 45.1 Å². The van der Waals surface area contributed by atoms with Crippen molar-refractivity contribution in [1.82, 2.24) is 4.98 Å². The summed E-state index contributed by atoms with van der Waals surface area (Å²) < 4.78 is 0. The maximum Gasteiger partial charge on any atom is 0.352 e. The van der Waals surface area contributed by atoms with Gasteiger partial charge in [-0.1, -0.05) is 39.8 Å². The smallest absolute Gasteiger partial charge is 0.352 e. The number of nitrogens with one attached hydrogen (secondary N) is 1. The molecule has 0 aliphatic carbocycles. The van der Waals surface area contributed by atoms with E-state index in [0.29, 0.717) is 5.92 Å². The average Bonchev–Trinajstić information content (AvgIpc) is 2.63. The number of carboxylic acids is 1. The number of aromatic nitrogens is 1. The van der Waals surface area contributed by atoms with E-state index >= 15 is 0 Å². The molecule has 0 aliphatic heterocycles. The highest BCUT2D eigenvalue weighted by Crippen LogP contribution is 1.92. The second kappa shape index (κ2) is 6.88. The first-order chi connectivity index (χ1) is 7.54. The highest BCUT2D eigenvalue weighted by atomic mass is 16.4. The first-order valence-electron chi connectivity index (χ1n) is 5.65. The van der Waals surface area contributed by atoms with Gasteiger partial charge in [0.15, 0.2) is 0 Å². The molecule has 0 aromatic carbocycles. The van der Waals surface area contributed by atoms with E-state index in [2.05, 4.69) is 18.8 Å². The topological polar surface area (TPSA) is 53.1 Å². The lowest BCUT2D eigenvalue weighted by atomic mass is 10.2. The molecule has 0 radical (unpaired) electrons. The van der Waals surface area contributed by atoms with E-state index < -0.39 is 5.97 Å². The molecule has 1 aromatic rings. The molecule has 2 N–H and O–H groups in total. The number of carboxylic acid groups (broad SMARTS) is 1. The highest BCUT2D eigenvalue weighted by Gasteiger charge is 2.04. The molecular formula is C13H21NO2. The van der Waals surface area contributed by atoms with Crippen LogP contribution in [0.4, 0.5) is 0 Å². The summed E-state index contributed by atoms with van der Waals surface area (Å²) in [6, 6.07) is 1.66. The lowest BCUT2D eigenvalue weighted by molar-refractivity contribution is 0.0691. The first-order valence-corrected chi connectivity index (χ1v) is 5.65. The van der Waals surface area contributed by atoms with Gasteiger partial charge >= 0.3 is 5.97 Å². The first kappa shape index (κ1) is 14.5. The molecule has 16 heavy (non-hydrogen) atoms. The maximum absolute atomic E-state index is 10.7. The third-order valence-electron chi connectivity index (χ3n) is 1.91. The van der Waals surface area contributed by atoms with Gasteiger partial charge in [0.25, 0.3) is 0 Å². The summed E-state index contributed by atoms with van der Waals surface area (Å²) in [6.07, 6.45) is 3.92. The van der Waals surface area contributed by atoms with Gasteiger partial charge in [0, 0.05) is 5.35 Å². The third-order valence-corrected chi connectivity index (χ3v) is 1.91. The van der Waals surface area contributed by atoms with Crippen LogP contribution in [0.15, 0.2) is 6.07 Å². The Morgan fingerprint density at radius 2 is 2.00 bits per heavy atom. The standard InChI is InChI=1S/C11H15NO2.C2H6/c1-4-9-8(5-7(2)3)6-10(12-9)11(13)14;1-2/h4-7,12H,1-3H3,(H,13,14);1-2H3/b8-5-,9-4+;. The summed E-state index contributed by atoms with van der Waals surface area (Å²) in [5.41, 5.74) is 0.241. The normalized spacial score (nSPS) is 12.6. The lowest BCUT2D eigenvalue weighted by Crippen LogP contribution is -2.22. The van der Waals surface area contributed by atoms with E-state index in [4.69, 9.17) is 5.11 Å². The van der Waals surface area contributed by atoms with E-state index in [1.807, 2.05) is 32.9 Å². The molecule has 1 aromatic heterocycles. The molecule has 1 heterocycles. The number of hydrogen-bond donors (Lipinski definition) is 2. The van der Waals surface area contributed by atoms with Crippen molar-refractivity contribution in [1.29, 1.82) is 0 Å². The van der Waals surface area contributed by atoms with Gasteiger partial charge in [-0.25, -0.2) is 4.79 Å². The predicted molar refractivity (Wildman–Crippen MR) is 67.8 cm³/mol. The summed E-state index contributed by atoms with van der Waals surface area (Å²) in [7, 11) is 0. The summed E-state index contributed by atoms with van der Waals surface area (Å²) >= 11 is 0. The fourth-order valence-corrected chi connectivity index (χ4v) is 1.34. The molecule has 90 valence electrons. The van der Waals surface area contributed by atoms with Crippen LogP contribution in [-0.2, 0) is 0 Å². The van der Waals surface area contributed by atoms with Crippen molar-refractivity contribution >= 4 is 18.1 Å². The number of aromatic carboxylic acids is 1. The van der Waals surface area contributed by atoms with Gasteiger partial charge in [0.1, 0.15) is 5.69 Å². The Balaban J connectivity index is 0.00000106. The third kappa shape index (κ3) is 3.93. The van der Waals surface area contributed by atoms with Crippen molar-refractivity contribution in [2.24, 2.45) is 5.92 Å². The monoisotopic (exact) mass is 223 g/mol. The van der Waals surface area contributed by atoms with Crippen LogP contribution < -0.4 is 10.6 Å². The molecule has 0 fully saturated rings. The molecule has 0 bridgehead atoms. The van der Waals surface area contributed by atoms with Crippen molar-refractivity contribution in [2.75, 3.05) is 0 Å². The van der Waals surface area contributed by atoms with E-state index in [0.717, 1.165) is 10.6 Å². The van der Waals surface area contributed by atoms with Crippen LogP contribution in [0.2, 0.25) is 0 Å². The van der Waals surface area contributed by atoms with Crippen LogP contribution >= 0.6 is 0 Å². The van der Waals surface area contributed by atoms with Crippen LogP contribution in [0.5, 0.6) is 0 Å². The quantitative estimate of drug-likeness (QED) is 0.805. The van der Waals surface area contributed by atoms with Crippen molar-refractivity contribution in [3.63, 3.8) is 0 Å². The second-order valence-electron chi connectivity index (χ2n) is 3.56. The molecule has 0 amide bonds. The van der Waals surface area contributed by atoms with Crippen LogP contribution in [0.3, 0.4) is 0 Å². The Kier molecular flexibility index (Phi) is 6.23. The average molecular weight is 223 g/mol. The van der Waals surface area contributed by atoms with Crippen LogP contribution in [0.25, 0.3) is 12.2 Å². The van der Waals surface area contributed by atoms with E-state index in [1.165, 1.54) is 0 Å². The zero-order valence-electron chi connectivity index (χ0n) is 10.7. The Morgan fingerprint density at radius 3 is 2.38 bits per heavy atom. The number of rotatable bonds is 2. The van der Waals surface area contributed by atoms with E-state index in [-0.39, 0.29) is 5.69 Å². The molecule has 0 spiro atoms. The van der Waals surface area contributed by atoms with Crippen LogP contribution in [0, 0.1) is 5.92 Å². The van der Waals surface area contributed by atoms with Crippen LogP contribution in [-0.4, -0.2) is 16.1 Å². The molecular weight excluding hydrogens is 202 g/mol. The molecule has 1 rings (SSSR count). The Hall–Kier alpha value is -1.51. The fraction of sp³-hybridized carbons (Fsp3) is 0.462. The summed E-state index contributed by atoms with van der Waals surface area (Å²) in [4.78, 5) is 13.6. The van der Waals surface area contributed by atoms with Gasteiger partial charge in [0.05, 0.1) is 0 Å². The molecule has 0 aliphatic rings. The fourth-order valence-electron chi connectivity index (χ4n) is 1.34. The van der Waals surface area contributed by atoms with Crippen molar-refractivity contribution in [2.45, 2.75) is 34.6 Å². The van der Waals surface area contributed by atoms with Gasteiger partial charge in [-0.15, -0.1) is 0 Å². The molecule has 0 saturated carbocycles. The van der Waals surface area contributed by atoms with Crippen molar-refractivity contribution < 1.29 is 9.90 Å².